The molecule has 5 nitrogen and oxygen atoms in total. The summed E-state index contributed by atoms with van der Waals surface area (Å²) in [4.78, 5) is 4.43. The number of benzene rings is 2. The highest BCUT2D eigenvalue weighted by Crippen LogP contribution is 2.37. The Labute approximate surface area is 120 Å². The van der Waals surface area contributed by atoms with Crippen LogP contribution in [0.5, 0.6) is 11.5 Å². The molecule has 0 saturated heterocycles. The number of nitrogens with zero attached hydrogens (tertiary/aromatic N) is 2. The second-order valence-corrected chi connectivity index (χ2v) is 4.91. The fraction of sp³-hybridized carbons (Fsp3) is 0.125. The molecular weight excluding hydrogens is 268 g/mol. The second-order valence-electron chi connectivity index (χ2n) is 4.91. The molecule has 0 fully saturated rings. The van der Waals surface area contributed by atoms with Crippen LogP contribution in [0, 0.1) is 0 Å². The lowest BCUT2D eigenvalue weighted by Gasteiger charge is -2.01. The standard InChI is InChI=1S/C16H12N2O3/c19-11-5-3-4-10(8-11)15-17-16(21-18-15)13-9-20-14-7-2-1-6-12(13)14/h1-8,13,19H,9H2. The zero-order valence-corrected chi connectivity index (χ0v) is 11.1. The average Bonchev–Trinajstić information content (AvgIpc) is 3.14. The summed E-state index contributed by atoms with van der Waals surface area (Å²) in [5, 5.41) is 13.5. The fourth-order valence-electron chi connectivity index (χ4n) is 2.51. The van der Waals surface area contributed by atoms with Crippen molar-refractivity contribution in [3.63, 3.8) is 0 Å². The third kappa shape index (κ3) is 2.03. The Morgan fingerprint density at radius 3 is 2.90 bits per heavy atom. The number of phenolic OH excluding ortho intramolecular Hbond substituents is 1. The highest BCUT2D eigenvalue weighted by atomic mass is 16.5. The molecule has 1 aliphatic heterocycles. The molecule has 2 heterocycles. The van der Waals surface area contributed by atoms with Gasteiger partial charge in [0.15, 0.2) is 0 Å². The lowest BCUT2D eigenvalue weighted by Crippen LogP contribution is -2.02. The van der Waals surface area contributed by atoms with Crippen LogP contribution in [0.4, 0.5) is 0 Å². The molecule has 104 valence electrons. The van der Waals surface area contributed by atoms with Gasteiger partial charge in [-0.1, -0.05) is 35.5 Å². The van der Waals surface area contributed by atoms with E-state index in [9.17, 15) is 5.11 Å². The maximum absolute atomic E-state index is 9.52. The summed E-state index contributed by atoms with van der Waals surface area (Å²) < 4.78 is 11.0. The number of rotatable bonds is 2. The topological polar surface area (TPSA) is 68.4 Å². The Balaban J connectivity index is 1.70. The molecule has 0 saturated carbocycles. The second kappa shape index (κ2) is 4.63. The summed E-state index contributed by atoms with van der Waals surface area (Å²) in [6.07, 6.45) is 0. The van der Waals surface area contributed by atoms with Crippen molar-refractivity contribution in [3.05, 3.63) is 60.0 Å². The molecule has 1 aliphatic rings. The predicted molar refractivity (Wildman–Crippen MR) is 75.2 cm³/mol. The molecule has 5 heteroatoms. The van der Waals surface area contributed by atoms with Gasteiger partial charge in [-0.2, -0.15) is 4.98 Å². The molecule has 0 spiro atoms. The normalized spacial score (nSPS) is 16.5. The van der Waals surface area contributed by atoms with Gasteiger partial charge in [-0.3, -0.25) is 0 Å². The van der Waals surface area contributed by atoms with Crippen molar-refractivity contribution < 1.29 is 14.4 Å². The van der Waals surface area contributed by atoms with Crippen molar-refractivity contribution in [1.82, 2.24) is 10.1 Å². The third-order valence-corrected chi connectivity index (χ3v) is 3.54. The van der Waals surface area contributed by atoms with Gasteiger partial charge < -0.3 is 14.4 Å². The third-order valence-electron chi connectivity index (χ3n) is 3.54. The Bertz CT molecular complexity index is 797. The predicted octanol–water partition coefficient (Wildman–Crippen LogP) is 2.97. The molecule has 0 radical (unpaired) electrons. The van der Waals surface area contributed by atoms with E-state index in [-0.39, 0.29) is 11.7 Å². The van der Waals surface area contributed by atoms with Crippen LogP contribution in [0.25, 0.3) is 11.4 Å². The van der Waals surface area contributed by atoms with Crippen molar-refractivity contribution in [3.8, 4) is 22.9 Å². The largest absolute Gasteiger partial charge is 0.508 e. The van der Waals surface area contributed by atoms with Crippen molar-refractivity contribution in [2.75, 3.05) is 6.61 Å². The first-order valence-corrected chi connectivity index (χ1v) is 6.66. The number of hydrogen-bond acceptors (Lipinski definition) is 5. The zero-order valence-electron chi connectivity index (χ0n) is 11.1. The van der Waals surface area contributed by atoms with Crippen LogP contribution in [-0.2, 0) is 0 Å². The summed E-state index contributed by atoms with van der Waals surface area (Å²) in [7, 11) is 0. The van der Waals surface area contributed by atoms with Gasteiger partial charge in [0, 0.05) is 11.1 Å². The summed E-state index contributed by atoms with van der Waals surface area (Å²) in [5.74, 6) is 1.98. The van der Waals surface area contributed by atoms with Gasteiger partial charge in [0.2, 0.25) is 11.7 Å². The number of ether oxygens (including phenoxy) is 1. The number of aromatic hydroxyl groups is 1. The van der Waals surface area contributed by atoms with Crippen LogP contribution < -0.4 is 4.74 Å². The van der Waals surface area contributed by atoms with Crippen LogP contribution in [-0.4, -0.2) is 21.9 Å². The number of fused-ring (bicyclic) bond motifs is 1. The van der Waals surface area contributed by atoms with Gasteiger partial charge in [-0.25, -0.2) is 0 Å². The Morgan fingerprint density at radius 1 is 1.10 bits per heavy atom. The average molecular weight is 280 g/mol. The molecule has 1 unspecified atom stereocenters. The quantitative estimate of drug-likeness (QED) is 0.781. The van der Waals surface area contributed by atoms with E-state index in [1.54, 1.807) is 18.2 Å². The van der Waals surface area contributed by atoms with Crippen molar-refractivity contribution in [2.24, 2.45) is 0 Å². The fourth-order valence-corrected chi connectivity index (χ4v) is 2.51. The highest BCUT2D eigenvalue weighted by molar-refractivity contribution is 5.57. The lowest BCUT2D eigenvalue weighted by atomic mass is 10.0. The molecule has 0 amide bonds. The first-order chi connectivity index (χ1) is 10.3. The van der Waals surface area contributed by atoms with E-state index >= 15 is 0 Å². The first kappa shape index (κ1) is 12.0. The smallest absolute Gasteiger partial charge is 0.238 e. The minimum Gasteiger partial charge on any atom is -0.508 e. The van der Waals surface area contributed by atoms with Crippen molar-refractivity contribution >= 4 is 0 Å². The van der Waals surface area contributed by atoms with Crippen LogP contribution in [0.2, 0.25) is 0 Å². The van der Waals surface area contributed by atoms with Gasteiger partial charge in [-0.15, -0.1) is 0 Å². The first-order valence-electron chi connectivity index (χ1n) is 6.66. The number of hydrogen-bond donors (Lipinski definition) is 1. The molecule has 4 rings (SSSR count). The Hall–Kier alpha value is -2.82. The molecule has 21 heavy (non-hydrogen) atoms. The number of phenols is 1. The maximum atomic E-state index is 9.52. The van der Waals surface area contributed by atoms with Crippen LogP contribution in [0.3, 0.4) is 0 Å². The number of aromatic nitrogens is 2. The van der Waals surface area contributed by atoms with Gasteiger partial charge in [0.05, 0.1) is 0 Å². The zero-order chi connectivity index (χ0) is 14.2. The van der Waals surface area contributed by atoms with Gasteiger partial charge in [-0.05, 0) is 18.2 Å². The van der Waals surface area contributed by atoms with Gasteiger partial charge >= 0.3 is 0 Å². The van der Waals surface area contributed by atoms with Crippen molar-refractivity contribution in [2.45, 2.75) is 5.92 Å². The lowest BCUT2D eigenvalue weighted by molar-refractivity contribution is 0.305. The van der Waals surface area contributed by atoms with E-state index in [2.05, 4.69) is 10.1 Å². The SMILES string of the molecule is Oc1cccc(-c2noc(C3COc4ccccc43)n2)c1. The monoisotopic (exact) mass is 280 g/mol. The summed E-state index contributed by atoms with van der Waals surface area (Å²) in [6, 6.07) is 14.6. The van der Waals surface area contributed by atoms with Crippen LogP contribution in [0.1, 0.15) is 17.4 Å². The minimum atomic E-state index is -0.0419. The van der Waals surface area contributed by atoms with E-state index in [4.69, 9.17) is 9.26 Å². The molecule has 0 bridgehead atoms. The summed E-state index contributed by atoms with van der Waals surface area (Å²) in [6.45, 7) is 0.501. The van der Waals surface area contributed by atoms with Gasteiger partial charge in [0.25, 0.3) is 0 Å². The summed E-state index contributed by atoms with van der Waals surface area (Å²) in [5.41, 5.74) is 1.78. The molecule has 2 aromatic carbocycles. The molecular formula is C16H12N2O3. The molecule has 1 N–H and O–H groups in total. The van der Waals surface area contributed by atoms with Gasteiger partial charge in [0.1, 0.15) is 24.0 Å². The summed E-state index contributed by atoms with van der Waals surface area (Å²) >= 11 is 0. The molecule has 1 atom stereocenters. The van der Waals surface area contributed by atoms with E-state index in [1.807, 2.05) is 30.3 Å². The molecule has 1 aromatic heterocycles. The Kier molecular flexibility index (Phi) is 2.64. The number of para-hydroxylation sites is 1. The van der Waals surface area contributed by atoms with Crippen LogP contribution in [0.15, 0.2) is 53.1 Å². The maximum Gasteiger partial charge on any atom is 0.238 e. The van der Waals surface area contributed by atoms with Crippen LogP contribution >= 0.6 is 0 Å². The van der Waals surface area contributed by atoms with Crippen molar-refractivity contribution in [1.29, 1.82) is 0 Å². The van der Waals surface area contributed by atoms with E-state index in [1.165, 1.54) is 0 Å². The molecule has 0 aliphatic carbocycles. The minimum absolute atomic E-state index is 0.0419. The van der Waals surface area contributed by atoms with E-state index in [0.29, 0.717) is 18.3 Å². The van der Waals surface area contributed by atoms with E-state index in [0.717, 1.165) is 16.9 Å². The van der Waals surface area contributed by atoms with E-state index < -0.39 is 0 Å². The Morgan fingerprint density at radius 2 is 2.00 bits per heavy atom. The molecule has 3 aromatic rings. The highest BCUT2D eigenvalue weighted by Gasteiger charge is 2.30.